The Morgan fingerprint density at radius 3 is 2.39 bits per heavy atom. The number of hydrogen-bond donors (Lipinski definition) is 1. The van der Waals surface area contributed by atoms with Crippen LogP contribution in [0.5, 0.6) is 0 Å². The minimum atomic E-state index is 0.302. The average Bonchev–Trinajstić information content (AvgIpc) is 2.52. The molecule has 0 spiro atoms. The topological polar surface area (TPSA) is 15.3 Å². The molecule has 1 aromatic rings. The summed E-state index contributed by atoms with van der Waals surface area (Å²) in [5, 5.41) is 3.68. The van der Waals surface area contributed by atoms with E-state index >= 15 is 0 Å². The van der Waals surface area contributed by atoms with Crippen molar-refractivity contribution in [3.63, 3.8) is 0 Å². The Kier molecular flexibility index (Phi) is 5.38. The van der Waals surface area contributed by atoms with Crippen molar-refractivity contribution in [3.05, 3.63) is 21.4 Å². The molecule has 1 unspecified atom stereocenters. The highest BCUT2D eigenvalue weighted by atomic mass is 32.1. The fraction of sp³-hybridized carbons (Fsp3) is 0.733. The fourth-order valence-electron chi connectivity index (χ4n) is 2.53. The lowest BCUT2D eigenvalue weighted by Crippen LogP contribution is -2.38. The minimum Gasteiger partial charge on any atom is -0.310 e. The monoisotopic (exact) mass is 268 g/mol. The van der Waals surface area contributed by atoms with Crippen molar-refractivity contribution >= 4 is 11.3 Å². The van der Waals surface area contributed by atoms with Gasteiger partial charge in [-0.15, -0.1) is 11.3 Å². The van der Waals surface area contributed by atoms with Crippen molar-refractivity contribution in [1.82, 2.24) is 10.2 Å². The lowest BCUT2D eigenvalue weighted by atomic mass is 9.92. The molecular weight excluding hydrogens is 240 g/mol. The average molecular weight is 268 g/mol. The lowest BCUT2D eigenvalue weighted by Gasteiger charge is -2.30. The standard InChI is InChI=1S/C15H28N2S/c1-11-8-14(13(3)18-11)12(2)16-9-15(4,5)10-17(6)7/h8,12,16H,9-10H2,1-7H3. The molecule has 0 aliphatic rings. The van der Waals surface area contributed by atoms with Crippen molar-refractivity contribution < 1.29 is 0 Å². The van der Waals surface area contributed by atoms with Gasteiger partial charge in [-0.25, -0.2) is 0 Å². The lowest BCUT2D eigenvalue weighted by molar-refractivity contribution is 0.227. The number of nitrogens with zero attached hydrogens (tertiary/aromatic N) is 1. The van der Waals surface area contributed by atoms with Crippen molar-refractivity contribution in [3.8, 4) is 0 Å². The predicted molar refractivity (Wildman–Crippen MR) is 82.5 cm³/mol. The van der Waals surface area contributed by atoms with Crippen LogP contribution in [0, 0.1) is 19.3 Å². The van der Waals surface area contributed by atoms with E-state index in [-0.39, 0.29) is 0 Å². The normalized spacial score (nSPS) is 14.2. The summed E-state index contributed by atoms with van der Waals surface area (Å²) >= 11 is 1.89. The van der Waals surface area contributed by atoms with E-state index in [0.29, 0.717) is 11.5 Å². The summed E-state index contributed by atoms with van der Waals surface area (Å²) in [5.41, 5.74) is 1.76. The minimum absolute atomic E-state index is 0.302. The van der Waals surface area contributed by atoms with E-state index in [0.717, 1.165) is 13.1 Å². The Morgan fingerprint density at radius 1 is 1.33 bits per heavy atom. The Morgan fingerprint density at radius 2 is 1.94 bits per heavy atom. The van der Waals surface area contributed by atoms with Gasteiger partial charge in [0, 0.05) is 28.9 Å². The molecule has 1 atom stereocenters. The molecule has 0 amide bonds. The van der Waals surface area contributed by atoms with Gasteiger partial charge in [0.1, 0.15) is 0 Å². The van der Waals surface area contributed by atoms with Crippen LogP contribution in [-0.2, 0) is 0 Å². The second-order valence-electron chi connectivity index (χ2n) is 6.37. The van der Waals surface area contributed by atoms with Crippen LogP contribution >= 0.6 is 11.3 Å². The van der Waals surface area contributed by atoms with Gasteiger partial charge < -0.3 is 10.2 Å². The summed E-state index contributed by atoms with van der Waals surface area (Å²) in [6.45, 7) is 13.5. The van der Waals surface area contributed by atoms with Gasteiger partial charge in [-0.1, -0.05) is 13.8 Å². The van der Waals surface area contributed by atoms with E-state index in [1.165, 1.54) is 15.3 Å². The second-order valence-corrected chi connectivity index (χ2v) is 7.83. The summed E-state index contributed by atoms with van der Waals surface area (Å²) in [6.07, 6.45) is 0. The molecule has 1 heterocycles. The SMILES string of the molecule is Cc1cc(C(C)NCC(C)(C)CN(C)C)c(C)s1. The molecule has 1 N–H and O–H groups in total. The van der Waals surface area contributed by atoms with Gasteiger partial charge in [0.2, 0.25) is 0 Å². The molecule has 18 heavy (non-hydrogen) atoms. The number of rotatable bonds is 6. The van der Waals surface area contributed by atoms with Crippen molar-refractivity contribution in [2.75, 3.05) is 27.2 Å². The number of hydrogen-bond acceptors (Lipinski definition) is 3. The maximum absolute atomic E-state index is 3.68. The Labute approximate surface area is 116 Å². The molecule has 0 saturated heterocycles. The fourth-order valence-corrected chi connectivity index (χ4v) is 3.55. The Balaban J connectivity index is 2.55. The van der Waals surface area contributed by atoms with Crippen molar-refractivity contribution in [2.24, 2.45) is 5.41 Å². The van der Waals surface area contributed by atoms with Crippen LogP contribution in [0.2, 0.25) is 0 Å². The van der Waals surface area contributed by atoms with Gasteiger partial charge in [0.25, 0.3) is 0 Å². The molecule has 0 bridgehead atoms. The molecule has 0 aromatic carbocycles. The van der Waals surface area contributed by atoms with Gasteiger partial charge in [-0.05, 0) is 51.9 Å². The third-order valence-corrected chi connectivity index (χ3v) is 4.16. The molecule has 0 radical (unpaired) electrons. The maximum atomic E-state index is 3.68. The molecule has 1 rings (SSSR count). The van der Waals surface area contributed by atoms with Crippen LogP contribution in [0.25, 0.3) is 0 Å². The van der Waals surface area contributed by atoms with Gasteiger partial charge in [0.05, 0.1) is 0 Å². The highest BCUT2D eigenvalue weighted by Crippen LogP contribution is 2.27. The van der Waals surface area contributed by atoms with E-state index in [2.05, 4.69) is 65.0 Å². The van der Waals surface area contributed by atoms with Gasteiger partial charge in [0.15, 0.2) is 0 Å². The molecular formula is C15H28N2S. The quantitative estimate of drug-likeness (QED) is 0.848. The predicted octanol–water partition coefficient (Wildman–Crippen LogP) is 3.60. The van der Waals surface area contributed by atoms with E-state index in [1.807, 2.05) is 11.3 Å². The first-order valence-electron chi connectivity index (χ1n) is 6.66. The summed E-state index contributed by atoms with van der Waals surface area (Å²) in [5.74, 6) is 0. The molecule has 0 fully saturated rings. The summed E-state index contributed by atoms with van der Waals surface area (Å²) in [7, 11) is 4.27. The molecule has 0 aliphatic heterocycles. The maximum Gasteiger partial charge on any atom is 0.0303 e. The second kappa shape index (κ2) is 6.18. The summed E-state index contributed by atoms with van der Waals surface area (Å²) in [4.78, 5) is 5.11. The highest BCUT2D eigenvalue weighted by molar-refractivity contribution is 7.12. The van der Waals surface area contributed by atoms with E-state index in [1.54, 1.807) is 0 Å². The van der Waals surface area contributed by atoms with Crippen LogP contribution in [0.3, 0.4) is 0 Å². The van der Waals surface area contributed by atoms with Gasteiger partial charge in [-0.2, -0.15) is 0 Å². The zero-order chi connectivity index (χ0) is 13.9. The number of thiophene rings is 1. The van der Waals surface area contributed by atoms with E-state index in [9.17, 15) is 0 Å². The molecule has 3 heteroatoms. The first-order valence-corrected chi connectivity index (χ1v) is 7.48. The van der Waals surface area contributed by atoms with E-state index in [4.69, 9.17) is 0 Å². The van der Waals surface area contributed by atoms with Crippen LogP contribution in [-0.4, -0.2) is 32.1 Å². The first-order chi connectivity index (χ1) is 8.21. The summed E-state index contributed by atoms with van der Waals surface area (Å²) < 4.78 is 0. The smallest absolute Gasteiger partial charge is 0.0303 e. The van der Waals surface area contributed by atoms with E-state index < -0.39 is 0 Å². The molecule has 104 valence electrons. The molecule has 0 aliphatic carbocycles. The van der Waals surface area contributed by atoms with Crippen LogP contribution in [0.15, 0.2) is 6.07 Å². The van der Waals surface area contributed by atoms with Crippen LogP contribution < -0.4 is 5.32 Å². The highest BCUT2D eigenvalue weighted by Gasteiger charge is 2.20. The van der Waals surface area contributed by atoms with Gasteiger partial charge >= 0.3 is 0 Å². The largest absolute Gasteiger partial charge is 0.310 e. The number of nitrogens with one attached hydrogen (secondary N) is 1. The zero-order valence-corrected chi connectivity index (χ0v) is 13.7. The first kappa shape index (κ1) is 15.7. The third-order valence-electron chi connectivity index (χ3n) is 3.18. The molecule has 2 nitrogen and oxygen atoms in total. The molecule has 0 saturated carbocycles. The summed E-state index contributed by atoms with van der Waals surface area (Å²) in [6, 6.07) is 2.76. The Hall–Kier alpha value is -0.380. The molecule has 1 aromatic heterocycles. The van der Waals surface area contributed by atoms with Crippen LogP contribution in [0.4, 0.5) is 0 Å². The zero-order valence-electron chi connectivity index (χ0n) is 12.9. The third kappa shape index (κ3) is 4.71. The van der Waals surface area contributed by atoms with Crippen LogP contribution in [0.1, 0.15) is 42.1 Å². The Bertz CT molecular complexity index is 380. The van der Waals surface area contributed by atoms with Crippen molar-refractivity contribution in [1.29, 1.82) is 0 Å². The number of aryl methyl sites for hydroxylation is 2. The van der Waals surface area contributed by atoms with Crippen molar-refractivity contribution in [2.45, 2.75) is 40.7 Å². The van der Waals surface area contributed by atoms with Gasteiger partial charge in [-0.3, -0.25) is 0 Å².